The van der Waals surface area contributed by atoms with Crippen molar-refractivity contribution in [2.45, 2.75) is 63.5 Å². The largest absolute Gasteiger partial charge is 0.305 e. The summed E-state index contributed by atoms with van der Waals surface area (Å²) in [4.78, 5) is 20.0. The van der Waals surface area contributed by atoms with Gasteiger partial charge in [0.1, 0.15) is 0 Å². The van der Waals surface area contributed by atoms with Gasteiger partial charge in [0.15, 0.2) is 15.9 Å². The Morgan fingerprint density at radius 3 is 2.75 bits per heavy atom. The van der Waals surface area contributed by atoms with Crippen LogP contribution in [0.3, 0.4) is 0 Å². The fourth-order valence-electron chi connectivity index (χ4n) is 3.27. The van der Waals surface area contributed by atoms with E-state index in [2.05, 4.69) is 52.6 Å². The molecule has 3 heterocycles. The van der Waals surface area contributed by atoms with Crippen LogP contribution in [0.1, 0.15) is 56.4 Å². The molecule has 0 aliphatic carbocycles. The first kappa shape index (κ1) is 21.0. The number of hydrogen-bond donors (Lipinski definition) is 0. The van der Waals surface area contributed by atoms with Gasteiger partial charge < -0.3 is 4.57 Å². The third-order valence-corrected chi connectivity index (χ3v) is 6.71. The van der Waals surface area contributed by atoms with Crippen molar-refractivity contribution in [3.63, 3.8) is 0 Å². The molecule has 0 aromatic carbocycles. The number of rotatable bonds is 9. The molecule has 1 atom stereocenters. The van der Waals surface area contributed by atoms with E-state index in [0.717, 1.165) is 53.1 Å². The molecule has 0 saturated carbocycles. The number of nitrogens with zero attached hydrogens (tertiary/aromatic N) is 6. The Kier molecular flexibility index (Phi) is 6.90. The topological polar surface area (TPSA) is 68.3 Å². The highest BCUT2D eigenvalue weighted by Gasteiger charge is 2.22. The summed E-state index contributed by atoms with van der Waals surface area (Å²) in [6.07, 6.45) is 3.18. The number of aryl methyl sites for hydroxylation is 1. The maximum absolute atomic E-state index is 12.4. The molecule has 0 saturated heterocycles. The molecule has 28 heavy (non-hydrogen) atoms. The Hall–Kier alpha value is -1.71. The predicted molar refractivity (Wildman–Crippen MR) is 115 cm³/mol. The fraction of sp³-hybridized carbons (Fsp3) is 0.579. The summed E-state index contributed by atoms with van der Waals surface area (Å²) in [6, 6.07) is 1.87. The Labute approximate surface area is 173 Å². The number of thioether (sulfide) groups is 1. The van der Waals surface area contributed by atoms with E-state index in [1.54, 1.807) is 22.2 Å². The normalized spacial score (nSPS) is 12.9. The summed E-state index contributed by atoms with van der Waals surface area (Å²) in [5.41, 5.74) is 1.68. The van der Waals surface area contributed by atoms with Crippen molar-refractivity contribution >= 4 is 28.1 Å². The first-order valence-corrected chi connectivity index (χ1v) is 11.5. The smallest absolute Gasteiger partial charge is 0.258 e. The minimum Gasteiger partial charge on any atom is -0.305 e. The second kappa shape index (κ2) is 9.19. The Bertz CT molecular complexity index is 990. The molecule has 3 aromatic heterocycles. The highest BCUT2D eigenvalue weighted by atomic mass is 32.2. The molecule has 3 aromatic rings. The minimum atomic E-state index is -0.0221. The van der Waals surface area contributed by atoms with Crippen molar-refractivity contribution in [3.05, 3.63) is 39.0 Å². The van der Waals surface area contributed by atoms with Gasteiger partial charge in [0.25, 0.3) is 5.56 Å². The zero-order chi connectivity index (χ0) is 20.3. The average molecular weight is 421 g/mol. The van der Waals surface area contributed by atoms with Crippen LogP contribution in [0.5, 0.6) is 0 Å². The molecule has 0 radical (unpaired) electrons. The van der Waals surface area contributed by atoms with E-state index in [-0.39, 0.29) is 11.6 Å². The first-order valence-electron chi connectivity index (χ1n) is 9.65. The van der Waals surface area contributed by atoms with Crippen LogP contribution in [0.4, 0.5) is 0 Å². The van der Waals surface area contributed by atoms with E-state index in [1.165, 1.54) is 11.3 Å². The highest BCUT2D eigenvalue weighted by Crippen LogP contribution is 2.27. The van der Waals surface area contributed by atoms with Gasteiger partial charge in [0, 0.05) is 29.4 Å². The van der Waals surface area contributed by atoms with E-state index in [0.29, 0.717) is 5.75 Å². The molecule has 152 valence electrons. The molecular weight excluding hydrogens is 392 g/mol. The van der Waals surface area contributed by atoms with Crippen LogP contribution in [0.25, 0.3) is 4.96 Å². The van der Waals surface area contributed by atoms with Crippen molar-refractivity contribution in [2.24, 2.45) is 0 Å². The van der Waals surface area contributed by atoms with Gasteiger partial charge in [-0.05, 0) is 33.9 Å². The van der Waals surface area contributed by atoms with Crippen LogP contribution >= 0.6 is 23.1 Å². The summed E-state index contributed by atoms with van der Waals surface area (Å²) >= 11 is 3.10. The van der Waals surface area contributed by atoms with Gasteiger partial charge in [-0.3, -0.25) is 14.1 Å². The standard InChI is InChI=1S/C19H28N6OS2/c1-6-8-9-24-17(15(7-2)23(4)5)21-22-19(24)28-12-14-10-16(26)25-13(3)11-27-18(25)20-14/h10-11,15H,6-9,12H2,1-5H3. The van der Waals surface area contributed by atoms with Gasteiger partial charge in [-0.2, -0.15) is 0 Å². The zero-order valence-electron chi connectivity index (χ0n) is 17.2. The van der Waals surface area contributed by atoms with Crippen LogP contribution < -0.4 is 5.56 Å². The molecular formula is C19H28N6OS2. The van der Waals surface area contributed by atoms with E-state index in [9.17, 15) is 4.79 Å². The zero-order valence-corrected chi connectivity index (χ0v) is 18.8. The van der Waals surface area contributed by atoms with Crippen molar-refractivity contribution in [1.29, 1.82) is 0 Å². The molecule has 0 bridgehead atoms. The minimum absolute atomic E-state index is 0.0221. The first-order chi connectivity index (χ1) is 13.5. The molecule has 0 spiro atoms. The maximum Gasteiger partial charge on any atom is 0.258 e. The molecule has 9 heteroatoms. The van der Waals surface area contributed by atoms with Gasteiger partial charge in [0.2, 0.25) is 0 Å². The van der Waals surface area contributed by atoms with E-state index < -0.39 is 0 Å². The van der Waals surface area contributed by atoms with E-state index in [1.807, 2.05) is 12.3 Å². The molecule has 0 amide bonds. The summed E-state index contributed by atoms with van der Waals surface area (Å²) in [5, 5.41) is 11.8. The third-order valence-electron chi connectivity index (χ3n) is 4.77. The van der Waals surface area contributed by atoms with Crippen LogP contribution in [0.15, 0.2) is 21.4 Å². The van der Waals surface area contributed by atoms with Gasteiger partial charge in [-0.1, -0.05) is 32.0 Å². The summed E-state index contributed by atoms with van der Waals surface area (Å²) in [5.74, 6) is 1.62. The van der Waals surface area contributed by atoms with Crippen LogP contribution in [-0.4, -0.2) is 43.1 Å². The van der Waals surface area contributed by atoms with Crippen LogP contribution in [0.2, 0.25) is 0 Å². The summed E-state index contributed by atoms with van der Waals surface area (Å²) in [7, 11) is 4.16. The van der Waals surface area contributed by atoms with Crippen LogP contribution in [0, 0.1) is 6.92 Å². The Morgan fingerprint density at radius 2 is 2.07 bits per heavy atom. The fourth-order valence-corrected chi connectivity index (χ4v) is 5.03. The lowest BCUT2D eigenvalue weighted by Crippen LogP contribution is -2.23. The van der Waals surface area contributed by atoms with Crippen LogP contribution in [-0.2, 0) is 12.3 Å². The maximum atomic E-state index is 12.4. The summed E-state index contributed by atoms with van der Waals surface area (Å²) < 4.78 is 3.90. The molecule has 0 fully saturated rings. The number of aromatic nitrogens is 5. The van der Waals surface area contributed by atoms with Gasteiger partial charge in [-0.15, -0.1) is 21.5 Å². The molecule has 0 aliphatic rings. The number of unbranched alkanes of at least 4 members (excludes halogenated alkanes) is 1. The third kappa shape index (κ3) is 4.31. The lowest BCUT2D eigenvalue weighted by atomic mass is 10.2. The van der Waals surface area contributed by atoms with Crippen molar-refractivity contribution in [2.75, 3.05) is 14.1 Å². The van der Waals surface area contributed by atoms with Crippen molar-refractivity contribution < 1.29 is 0 Å². The van der Waals surface area contributed by atoms with Gasteiger partial charge in [0.05, 0.1) is 11.7 Å². The highest BCUT2D eigenvalue weighted by molar-refractivity contribution is 7.98. The Balaban J connectivity index is 1.85. The molecule has 7 nitrogen and oxygen atoms in total. The molecule has 0 N–H and O–H groups in total. The average Bonchev–Trinajstić information content (AvgIpc) is 3.22. The van der Waals surface area contributed by atoms with E-state index in [4.69, 9.17) is 0 Å². The monoisotopic (exact) mass is 420 g/mol. The SMILES string of the molecule is CCCCn1c(SCc2cc(=O)n3c(C)csc3n2)nnc1C(CC)N(C)C. The molecule has 0 aliphatic heterocycles. The predicted octanol–water partition coefficient (Wildman–Crippen LogP) is 3.76. The number of hydrogen-bond acceptors (Lipinski definition) is 7. The lowest BCUT2D eigenvalue weighted by Gasteiger charge is -2.23. The second-order valence-corrected chi connectivity index (χ2v) is 8.88. The second-order valence-electron chi connectivity index (χ2n) is 7.10. The summed E-state index contributed by atoms with van der Waals surface area (Å²) in [6.45, 7) is 7.19. The molecule has 3 rings (SSSR count). The quantitative estimate of drug-likeness (QED) is 0.491. The van der Waals surface area contributed by atoms with Gasteiger partial charge >= 0.3 is 0 Å². The molecule has 1 unspecified atom stereocenters. The number of thiazole rings is 1. The van der Waals surface area contributed by atoms with E-state index >= 15 is 0 Å². The van der Waals surface area contributed by atoms with Crippen molar-refractivity contribution in [3.8, 4) is 0 Å². The number of fused-ring (bicyclic) bond motifs is 1. The lowest BCUT2D eigenvalue weighted by molar-refractivity contribution is 0.270. The van der Waals surface area contributed by atoms with Gasteiger partial charge in [-0.25, -0.2) is 4.98 Å². The van der Waals surface area contributed by atoms with Crippen molar-refractivity contribution in [1.82, 2.24) is 29.0 Å². The Morgan fingerprint density at radius 1 is 1.29 bits per heavy atom.